The lowest BCUT2D eigenvalue weighted by atomic mass is 9.85. The van der Waals surface area contributed by atoms with Crippen molar-refractivity contribution < 1.29 is 14.7 Å². The summed E-state index contributed by atoms with van der Waals surface area (Å²) in [6, 6.07) is 7.07. The third-order valence-corrected chi connectivity index (χ3v) is 5.49. The summed E-state index contributed by atoms with van der Waals surface area (Å²) in [4.78, 5) is 38.2. The molecule has 2 saturated heterocycles. The van der Waals surface area contributed by atoms with Gasteiger partial charge in [0.15, 0.2) is 0 Å². The number of rotatable bonds is 3. The normalized spacial score (nSPS) is 22.4. The van der Waals surface area contributed by atoms with Crippen LogP contribution >= 0.6 is 0 Å². The summed E-state index contributed by atoms with van der Waals surface area (Å²) in [6.45, 7) is 1.67. The molecule has 2 amide bonds. The molecule has 7 heteroatoms. The second kappa shape index (κ2) is 6.98. The van der Waals surface area contributed by atoms with Gasteiger partial charge in [-0.1, -0.05) is 6.07 Å². The van der Waals surface area contributed by atoms with Gasteiger partial charge in [0.2, 0.25) is 5.91 Å². The Kier molecular flexibility index (Phi) is 4.51. The van der Waals surface area contributed by atoms with E-state index >= 15 is 0 Å². The van der Waals surface area contributed by atoms with Gasteiger partial charge in [0, 0.05) is 25.5 Å². The van der Waals surface area contributed by atoms with Gasteiger partial charge in [-0.2, -0.15) is 0 Å². The van der Waals surface area contributed by atoms with Crippen molar-refractivity contribution in [2.24, 2.45) is 0 Å². The average molecular weight is 366 g/mol. The highest BCUT2D eigenvalue weighted by Gasteiger charge is 2.52. The van der Waals surface area contributed by atoms with Crippen LogP contribution in [-0.4, -0.2) is 55.3 Å². The lowest BCUT2D eigenvalue weighted by Gasteiger charge is -2.44. The van der Waals surface area contributed by atoms with Gasteiger partial charge in [-0.15, -0.1) is 0 Å². The van der Waals surface area contributed by atoms with E-state index in [4.69, 9.17) is 0 Å². The molecule has 4 rings (SSSR count). The van der Waals surface area contributed by atoms with Gasteiger partial charge in [-0.3, -0.25) is 19.6 Å². The van der Waals surface area contributed by atoms with Gasteiger partial charge in [-0.05, 0) is 43.9 Å². The van der Waals surface area contributed by atoms with E-state index in [0.29, 0.717) is 38.0 Å². The average Bonchev–Trinajstić information content (AvgIpc) is 3.10. The molecule has 1 N–H and O–H groups in total. The Morgan fingerprint density at radius 3 is 2.74 bits per heavy atom. The molecule has 2 aliphatic heterocycles. The maximum atomic E-state index is 13.4. The fraction of sp³-hybridized carbons (Fsp3) is 0.400. The third kappa shape index (κ3) is 3.13. The Balaban J connectivity index is 1.60. The van der Waals surface area contributed by atoms with Crippen molar-refractivity contribution in [2.75, 3.05) is 13.1 Å². The minimum atomic E-state index is -0.796. The first-order valence-corrected chi connectivity index (χ1v) is 9.25. The molecule has 1 unspecified atom stereocenters. The molecule has 0 aliphatic carbocycles. The van der Waals surface area contributed by atoms with Gasteiger partial charge in [0.25, 0.3) is 5.91 Å². The quantitative estimate of drug-likeness (QED) is 0.898. The standard InChI is InChI=1S/C20H22N4O3/c25-17-11-15(12-21-13-17)18(26)24-10-4-7-20(24)6-3-9-23(19(20)27)14-16-5-1-2-8-22-16/h1-2,5,8,11-13,25H,3-4,6-7,9-10,14H2. The van der Waals surface area contributed by atoms with E-state index in [1.54, 1.807) is 11.1 Å². The largest absolute Gasteiger partial charge is 0.506 e. The number of hydrogen-bond donors (Lipinski definition) is 1. The van der Waals surface area contributed by atoms with Crippen molar-refractivity contribution >= 4 is 11.8 Å². The summed E-state index contributed by atoms with van der Waals surface area (Å²) in [7, 11) is 0. The van der Waals surface area contributed by atoms with Gasteiger partial charge < -0.3 is 14.9 Å². The number of pyridine rings is 2. The monoisotopic (exact) mass is 366 g/mol. The van der Waals surface area contributed by atoms with Crippen LogP contribution in [0.2, 0.25) is 0 Å². The SMILES string of the molecule is O=C(c1cncc(O)c1)N1CCCC12CCCN(Cc1ccccn1)C2=O. The number of piperidine rings is 1. The molecular formula is C20H22N4O3. The van der Waals surface area contributed by atoms with Crippen LogP contribution in [0, 0.1) is 0 Å². The molecule has 4 heterocycles. The van der Waals surface area contributed by atoms with Crippen LogP contribution in [-0.2, 0) is 11.3 Å². The van der Waals surface area contributed by atoms with E-state index in [0.717, 1.165) is 18.5 Å². The zero-order valence-electron chi connectivity index (χ0n) is 15.0. The topological polar surface area (TPSA) is 86.6 Å². The summed E-state index contributed by atoms with van der Waals surface area (Å²) in [5.74, 6) is -0.303. The smallest absolute Gasteiger partial charge is 0.256 e. The molecular weight excluding hydrogens is 344 g/mol. The van der Waals surface area contributed by atoms with Gasteiger partial charge in [0.05, 0.1) is 24.0 Å². The van der Waals surface area contributed by atoms with E-state index in [1.165, 1.54) is 18.5 Å². The summed E-state index contributed by atoms with van der Waals surface area (Å²) in [6.07, 6.45) is 7.43. The first-order chi connectivity index (χ1) is 13.1. The van der Waals surface area contributed by atoms with Gasteiger partial charge in [0.1, 0.15) is 11.3 Å². The minimum Gasteiger partial charge on any atom is -0.506 e. The van der Waals surface area contributed by atoms with Crippen LogP contribution in [0.25, 0.3) is 0 Å². The van der Waals surface area contributed by atoms with Crippen molar-refractivity contribution in [3.05, 3.63) is 54.1 Å². The highest BCUT2D eigenvalue weighted by molar-refractivity contribution is 6.00. The maximum Gasteiger partial charge on any atom is 0.256 e. The molecule has 0 radical (unpaired) electrons. The number of nitrogens with zero attached hydrogens (tertiary/aromatic N) is 4. The Morgan fingerprint density at radius 2 is 2.00 bits per heavy atom. The molecule has 2 aromatic rings. The molecule has 140 valence electrons. The first kappa shape index (κ1) is 17.5. The molecule has 0 aromatic carbocycles. The Bertz CT molecular complexity index is 857. The Hall–Kier alpha value is -2.96. The summed E-state index contributed by atoms with van der Waals surface area (Å²) >= 11 is 0. The number of carbonyl (C=O) groups is 2. The fourth-order valence-corrected chi connectivity index (χ4v) is 4.26. The molecule has 27 heavy (non-hydrogen) atoms. The molecule has 2 aromatic heterocycles. The number of likely N-dealkylation sites (tertiary alicyclic amines) is 2. The number of carbonyl (C=O) groups excluding carboxylic acids is 2. The van der Waals surface area contributed by atoms with Crippen LogP contribution in [0.4, 0.5) is 0 Å². The molecule has 0 saturated carbocycles. The summed E-state index contributed by atoms with van der Waals surface area (Å²) < 4.78 is 0. The molecule has 7 nitrogen and oxygen atoms in total. The summed E-state index contributed by atoms with van der Waals surface area (Å²) in [5.41, 5.74) is 0.358. The maximum absolute atomic E-state index is 13.4. The lowest BCUT2D eigenvalue weighted by Crippen LogP contribution is -2.61. The second-order valence-corrected chi connectivity index (χ2v) is 7.18. The highest BCUT2D eigenvalue weighted by atomic mass is 16.3. The van der Waals surface area contributed by atoms with E-state index < -0.39 is 5.54 Å². The Morgan fingerprint density at radius 1 is 1.19 bits per heavy atom. The molecule has 1 spiro atoms. The molecule has 2 aliphatic rings. The van der Waals surface area contributed by atoms with Crippen LogP contribution in [0.1, 0.15) is 41.7 Å². The van der Waals surface area contributed by atoms with Gasteiger partial charge >= 0.3 is 0 Å². The Labute approximate surface area is 157 Å². The predicted octanol–water partition coefficient (Wildman–Crippen LogP) is 1.98. The van der Waals surface area contributed by atoms with Gasteiger partial charge in [-0.25, -0.2) is 0 Å². The van der Waals surface area contributed by atoms with Crippen LogP contribution in [0.3, 0.4) is 0 Å². The molecule has 2 fully saturated rings. The second-order valence-electron chi connectivity index (χ2n) is 7.18. The lowest BCUT2D eigenvalue weighted by molar-refractivity contribution is -0.146. The third-order valence-electron chi connectivity index (χ3n) is 5.49. The molecule has 1 atom stereocenters. The van der Waals surface area contributed by atoms with E-state index in [2.05, 4.69) is 9.97 Å². The van der Waals surface area contributed by atoms with Crippen LogP contribution < -0.4 is 0 Å². The number of aromatic hydroxyl groups is 1. The van der Waals surface area contributed by atoms with E-state index in [9.17, 15) is 14.7 Å². The highest BCUT2D eigenvalue weighted by Crippen LogP contribution is 2.39. The van der Waals surface area contributed by atoms with Crippen molar-refractivity contribution in [1.82, 2.24) is 19.8 Å². The van der Waals surface area contributed by atoms with Crippen LogP contribution in [0.5, 0.6) is 5.75 Å². The zero-order chi connectivity index (χ0) is 18.9. The molecule has 0 bridgehead atoms. The van der Waals surface area contributed by atoms with Crippen molar-refractivity contribution in [3.63, 3.8) is 0 Å². The predicted molar refractivity (Wildman–Crippen MR) is 97.8 cm³/mol. The van der Waals surface area contributed by atoms with E-state index in [-0.39, 0.29) is 17.6 Å². The minimum absolute atomic E-state index is 0.00151. The zero-order valence-corrected chi connectivity index (χ0v) is 15.0. The van der Waals surface area contributed by atoms with Crippen molar-refractivity contribution in [3.8, 4) is 5.75 Å². The van der Waals surface area contributed by atoms with E-state index in [1.807, 2.05) is 23.1 Å². The van der Waals surface area contributed by atoms with Crippen molar-refractivity contribution in [1.29, 1.82) is 0 Å². The fourth-order valence-electron chi connectivity index (χ4n) is 4.26. The van der Waals surface area contributed by atoms with Crippen molar-refractivity contribution in [2.45, 2.75) is 37.8 Å². The first-order valence-electron chi connectivity index (χ1n) is 9.25. The number of amides is 2. The van der Waals surface area contributed by atoms with Crippen LogP contribution in [0.15, 0.2) is 42.9 Å². The summed E-state index contributed by atoms with van der Waals surface area (Å²) in [5, 5.41) is 9.65. The number of aromatic nitrogens is 2. The number of hydrogen-bond acceptors (Lipinski definition) is 5.